The molecule has 0 amide bonds. The van der Waals surface area contributed by atoms with E-state index in [-0.39, 0.29) is 4.65 Å². The zero-order valence-corrected chi connectivity index (χ0v) is 13.4. The van der Waals surface area contributed by atoms with Crippen LogP contribution in [0.4, 0.5) is 0 Å². The minimum Gasteiger partial charge on any atom is -0.260 e. The molecule has 0 saturated carbocycles. The molecular weight excluding hydrogens is 266 g/mol. The van der Waals surface area contributed by atoms with Gasteiger partial charge >= 0.3 is 10.4 Å². The van der Waals surface area contributed by atoms with E-state index in [1.54, 1.807) is 7.05 Å². The maximum atomic E-state index is 10.8. The van der Waals surface area contributed by atoms with Gasteiger partial charge in [0.1, 0.15) is 20.1 Å². The van der Waals surface area contributed by atoms with E-state index in [2.05, 4.69) is 6.92 Å². The zero-order chi connectivity index (χ0) is 14.8. The molecule has 6 heteroatoms. The van der Waals surface area contributed by atoms with Crippen LogP contribution in [0.2, 0.25) is 0 Å². The molecule has 0 radical (unpaired) electrons. The van der Waals surface area contributed by atoms with E-state index in [1.165, 1.54) is 38.5 Å². The molecule has 19 heavy (non-hydrogen) atoms. The van der Waals surface area contributed by atoms with Crippen molar-refractivity contribution >= 4 is 10.4 Å². The van der Waals surface area contributed by atoms with Gasteiger partial charge in [0.15, 0.2) is 0 Å². The standard InChI is InChI=1S/C13H29NO4S/c1-4-6-7-8-9-10-11-12-13-14(3,5-2)18-19(15,16)17/h4-13H2,1-3H3/p+1. The van der Waals surface area contributed by atoms with Crippen LogP contribution < -0.4 is 0 Å². The molecule has 0 aromatic heterocycles. The van der Waals surface area contributed by atoms with Gasteiger partial charge in [-0.05, 0) is 24.0 Å². The highest BCUT2D eigenvalue weighted by molar-refractivity contribution is 7.80. The summed E-state index contributed by atoms with van der Waals surface area (Å²) < 4.78 is 34.9. The number of quaternary nitrogens is 1. The molecule has 0 aliphatic rings. The maximum absolute atomic E-state index is 10.8. The number of hydrogen-bond acceptors (Lipinski definition) is 3. The lowest BCUT2D eigenvalue weighted by Crippen LogP contribution is -2.46. The summed E-state index contributed by atoms with van der Waals surface area (Å²) in [6, 6.07) is 0. The second kappa shape index (κ2) is 9.69. The molecule has 0 saturated heterocycles. The first kappa shape index (κ1) is 18.8. The van der Waals surface area contributed by atoms with Gasteiger partial charge in [-0.1, -0.05) is 45.4 Å². The minimum atomic E-state index is -4.38. The molecule has 1 N–H and O–H groups in total. The van der Waals surface area contributed by atoms with Crippen LogP contribution in [0.15, 0.2) is 0 Å². The summed E-state index contributed by atoms with van der Waals surface area (Å²) in [4.78, 5) is 0. The third-order valence-electron chi connectivity index (χ3n) is 3.43. The average molecular weight is 296 g/mol. The molecule has 0 rings (SSSR count). The van der Waals surface area contributed by atoms with Crippen LogP contribution in [0.5, 0.6) is 0 Å². The van der Waals surface area contributed by atoms with Gasteiger partial charge in [-0.25, -0.2) is 0 Å². The molecule has 0 aliphatic carbocycles. The lowest BCUT2D eigenvalue weighted by atomic mass is 10.1. The van der Waals surface area contributed by atoms with E-state index in [0.717, 1.165) is 12.8 Å². The highest BCUT2D eigenvalue weighted by Crippen LogP contribution is 2.13. The van der Waals surface area contributed by atoms with Crippen LogP contribution in [0.25, 0.3) is 0 Å². The molecule has 116 valence electrons. The van der Waals surface area contributed by atoms with Crippen molar-refractivity contribution in [3.8, 4) is 0 Å². The molecule has 0 heterocycles. The lowest BCUT2D eigenvalue weighted by molar-refractivity contribution is -1.06. The second-order valence-corrected chi connectivity index (χ2v) is 6.32. The molecular formula is C13H30NO4S+. The van der Waals surface area contributed by atoms with Crippen molar-refractivity contribution in [2.24, 2.45) is 0 Å². The molecule has 0 spiro atoms. The van der Waals surface area contributed by atoms with Gasteiger partial charge in [0, 0.05) is 0 Å². The average Bonchev–Trinajstić information content (AvgIpc) is 2.30. The van der Waals surface area contributed by atoms with Crippen molar-refractivity contribution < 1.29 is 21.9 Å². The van der Waals surface area contributed by atoms with Gasteiger partial charge in [-0.15, -0.1) is 0 Å². The Hall–Kier alpha value is -0.170. The fourth-order valence-electron chi connectivity index (χ4n) is 2.06. The smallest absolute Gasteiger partial charge is 0.260 e. The Bertz CT molecular complexity index is 319. The highest BCUT2D eigenvalue weighted by atomic mass is 32.3. The number of nitrogens with zero attached hydrogens (tertiary/aromatic N) is 1. The Morgan fingerprint density at radius 3 is 1.84 bits per heavy atom. The fraction of sp³-hybridized carbons (Fsp3) is 1.00. The highest BCUT2D eigenvalue weighted by Gasteiger charge is 2.28. The van der Waals surface area contributed by atoms with Gasteiger partial charge in [-0.2, -0.15) is 13.1 Å². The van der Waals surface area contributed by atoms with E-state index >= 15 is 0 Å². The molecule has 1 unspecified atom stereocenters. The Balaban J connectivity index is 3.72. The number of hydrogen-bond donors (Lipinski definition) is 1. The predicted molar refractivity (Wildman–Crippen MR) is 76.8 cm³/mol. The minimum absolute atomic E-state index is 0.0886. The lowest BCUT2D eigenvalue weighted by Gasteiger charge is -2.27. The number of hydroxylamine groups is 3. The van der Waals surface area contributed by atoms with Crippen molar-refractivity contribution in [2.75, 3.05) is 20.1 Å². The van der Waals surface area contributed by atoms with Crippen molar-refractivity contribution in [3.05, 3.63) is 0 Å². The van der Waals surface area contributed by atoms with Crippen LogP contribution >= 0.6 is 0 Å². The van der Waals surface area contributed by atoms with Crippen molar-refractivity contribution in [1.29, 1.82) is 0 Å². The fourth-order valence-corrected chi connectivity index (χ4v) is 2.69. The normalized spacial score (nSPS) is 15.4. The largest absolute Gasteiger partial charge is 0.442 e. The summed E-state index contributed by atoms with van der Waals surface area (Å²) in [5.74, 6) is 0. The molecule has 0 aromatic rings. The first-order valence-corrected chi connectivity index (χ1v) is 8.72. The van der Waals surface area contributed by atoms with Crippen LogP contribution in [0, 0.1) is 0 Å². The van der Waals surface area contributed by atoms with E-state index in [0.29, 0.717) is 13.1 Å². The molecule has 0 fully saturated rings. The topological polar surface area (TPSA) is 63.6 Å². The van der Waals surface area contributed by atoms with Gasteiger partial charge in [0.25, 0.3) is 0 Å². The Morgan fingerprint density at radius 1 is 0.947 bits per heavy atom. The number of unbranched alkanes of at least 4 members (excludes halogenated alkanes) is 7. The maximum Gasteiger partial charge on any atom is 0.442 e. The van der Waals surface area contributed by atoms with Crippen molar-refractivity contribution in [1.82, 2.24) is 0 Å². The monoisotopic (exact) mass is 296 g/mol. The summed E-state index contributed by atoms with van der Waals surface area (Å²) in [7, 11) is -2.70. The van der Waals surface area contributed by atoms with E-state index in [9.17, 15) is 8.42 Å². The van der Waals surface area contributed by atoms with Crippen LogP contribution in [-0.2, 0) is 14.7 Å². The number of rotatable bonds is 12. The molecule has 0 aliphatic heterocycles. The van der Waals surface area contributed by atoms with E-state index in [4.69, 9.17) is 8.84 Å². The van der Waals surface area contributed by atoms with Gasteiger partial charge in [-0.3, -0.25) is 4.55 Å². The summed E-state index contributed by atoms with van der Waals surface area (Å²) in [6.45, 7) is 5.16. The van der Waals surface area contributed by atoms with Crippen LogP contribution in [-0.4, -0.2) is 37.8 Å². The van der Waals surface area contributed by atoms with Crippen LogP contribution in [0.1, 0.15) is 65.2 Å². The SMILES string of the molecule is CCCCCCCCCC[N+](C)(CC)OS(=O)(=O)O. The van der Waals surface area contributed by atoms with E-state index in [1.807, 2.05) is 6.92 Å². The van der Waals surface area contributed by atoms with Crippen LogP contribution in [0.3, 0.4) is 0 Å². The molecule has 0 bridgehead atoms. The third-order valence-corrected chi connectivity index (χ3v) is 3.98. The van der Waals surface area contributed by atoms with Crippen molar-refractivity contribution in [3.63, 3.8) is 0 Å². The molecule has 0 aromatic carbocycles. The predicted octanol–water partition coefficient (Wildman–Crippen LogP) is 3.33. The summed E-state index contributed by atoms with van der Waals surface area (Å²) in [6.07, 6.45) is 9.59. The van der Waals surface area contributed by atoms with Gasteiger partial charge < -0.3 is 0 Å². The van der Waals surface area contributed by atoms with E-state index < -0.39 is 10.4 Å². The first-order valence-electron chi connectivity index (χ1n) is 7.36. The third kappa shape index (κ3) is 11.4. The Kier molecular flexibility index (Phi) is 9.60. The summed E-state index contributed by atoms with van der Waals surface area (Å²) >= 11 is 0. The molecule has 5 nitrogen and oxygen atoms in total. The zero-order valence-electron chi connectivity index (χ0n) is 12.6. The van der Waals surface area contributed by atoms with Crippen molar-refractivity contribution in [2.45, 2.75) is 65.2 Å². The molecule has 1 atom stereocenters. The first-order chi connectivity index (χ1) is 8.83. The Morgan fingerprint density at radius 2 is 1.42 bits per heavy atom. The second-order valence-electron chi connectivity index (χ2n) is 5.31. The van der Waals surface area contributed by atoms with Gasteiger partial charge in [0.2, 0.25) is 0 Å². The van der Waals surface area contributed by atoms with Gasteiger partial charge in [0.05, 0.1) is 0 Å². The summed E-state index contributed by atoms with van der Waals surface area (Å²) in [5.41, 5.74) is 0. The quantitative estimate of drug-likeness (QED) is 0.260. The summed E-state index contributed by atoms with van der Waals surface area (Å²) in [5, 5.41) is 0. The Labute approximate surface area is 118 Å².